The van der Waals surface area contributed by atoms with E-state index in [2.05, 4.69) is 15.6 Å². The molecule has 1 unspecified atom stereocenters. The minimum Gasteiger partial charge on any atom is -0.353 e. The molecule has 6 nitrogen and oxygen atoms in total. The molecular weight excluding hydrogens is 256 g/mol. The van der Waals surface area contributed by atoms with Crippen LogP contribution in [0, 0.1) is 0 Å². The van der Waals surface area contributed by atoms with Gasteiger partial charge in [-0.15, -0.1) is 0 Å². The van der Waals surface area contributed by atoms with Crippen molar-refractivity contribution in [2.75, 3.05) is 18.4 Å². The van der Waals surface area contributed by atoms with Gasteiger partial charge in [0.1, 0.15) is 11.2 Å². The molecule has 1 aliphatic heterocycles. The van der Waals surface area contributed by atoms with Gasteiger partial charge in [0.15, 0.2) is 0 Å². The average Bonchev–Trinajstić information content (AvgIpc) is 2.35. The van der Waals surface area contributed by atoms with Crippen LogP contribution in [0.5, 0.6) is 0 Å². The number of pyridine rings is 1. The summed E-state index contributed by atoms with van der Waals surface area (Å²) in [5.74, 6) is -0.148. The highest BCUT2D eigenvalue weighted by Gasteiger charge is 2.29. The molecule has 0 bridgehead atoms. The topological polar surface area (TPSA) is 74.3 Å². The van der Waals surface area contributed by atoms with Crippen LogP contribution in [0.25, 0.3) is 0 Å². The van der Waals surface area contributed by atoms with Gasteiger partial charge in [-0.2, -0.15) is 0 Å². The van der Waals surface area contributed by atoms with Gasteiger partial charge in [0, 0.05) is 13.1 Å². The van der Waals surface area contributed by atoms with Gasteiger partial charge < -0.3 is 15.5 Å². The number of nitrogens with one attached hydrogen (secondary N) is 2. The Labute approximate surface area is 109 Å². The molecule has 1 saturated heterocycles. The van der Waals surface area contributed by atoms with E-state index in [0.717, 1.165) is 0 Å². The molecule has 1 aromatic rings. The van der Waals surface area contributed by atoms with Gasteiger partial charge >= 0.3 is 6.03 Å². The fraction of sp³-hybridized carbons (Fsp3) is 0.364. The molecule has 1 aliphatic rings. The SMILES string of the molecule is CC1C(=O)NCCN1C(=O)Nc1ccc(Cl)nc1. The molecule has 0 aliphatic carbocycles. The predicted molar refractivity (Wildman–Crippen MR) is 67.4 cm³/mol. The highest BCUT2D eigenvalue weighted by Crippen LogP contribution is 2.12. The van der Waals surface area contributed by atoms with Crippen LogP contribution in [0.3, 0.4) is 0 Å². The van der Waals surface area contributed by atoms with Crippen molar-refractivity contribution in [2.24, 2.45) is 0 Å². The molecule has 3 amide bonds. The second-order valence-electron chi connectivity index (χ2n) is 3.96. The molecule has 0 saturated carbocycles. The lowest BCUT2D eigenvalue weighted by molar-refractivity contribution is -0.126. The maximum atomic E-state index is 12.0. The van der Waals surface area contributed by atoms with E-state index in [9.17, 15) is 9.59 Å². The van der Waals surface area contributed by atoms with Crippen LogP contribution in [0.15, 0.2) is 18.3 Å². The number of nitrogens with zero attached hydrogens (tertiary/aromatic N) is 2. The van der Waals surface area contributed by atoms with Gasteiger partial charge in [0.25, 0.3) is 0 Å². The first-order valence-electron chi connectivity index (χ1n) is 5.55. The smallest absolute Gasteiger partial charge is 0.322 e. The molecule has 7 heteroatoms. The number of hydrogen-bond donors (Lipinski definition) is 2. The molecule has 2 heterocycles. The highest BCUT2D eigenvalue weighted by molar-refractivity contribution is 6.29. The average molecular weight is 269 g/mol. The van der Waals surface area contributed by atoms with E-state index in [0.29, 0.717) is 23.9 Å². The van der Waals surface area contributed by atoms with Crippen molar-refractivity contribution in [1.29, 1.82) is 0 Å². The van der Waals surface area contributed by atoms with E-state index in [4.69, 9.17) is 11.6 Å². The zero-order chi connectivity index (χ0) is 13.1. The summed E-state index contributed by atoms with van der Waals surface area (Å²) in [7, 11) is 0. The summed E-state index contributed by atoms with van der Waals surface area (Å²) in [6.45, 7) is 2.64. The molecule has 1 atom stereocenters. The second-order valence-corrected chi connectivity index (χ2v) is 4.35. The van der Waals surface area contributed by atoms with Crippen LogP contribution in [-0.2, 0) is 4.79 Å². The summed E-state index contributed by atoms with van der Waals surface area (Å²) in [4.78, 5) is 28.8. The number of piperazine rings is 1. The van der Waals surface area contributed by atoms with Gasteiger partial charge in [-0.25, -0.2) is 9.78 Å². The third-order valence-corrected chi connectivity index (χ3v) is 2.96. The number of halogens is 1. The van der Waals surface area contributed by atoms with Crippen LogP contribution in [0.1, 0.15) is 6.92 Å². The number of carbonyl (C=O) groups excluding carboxylic acids is 2. The first kappa shape index (κ1) is 12.6. The Morgan fingerprint density at radius 1 is 1.61 bits per heavy atom. The van der Waals surface area contributed by atoms with E-state index in [1.807, 2.05) is 0 Å². The third-order valence-electron chi connectivity index (χ3n) is 2.74. The predicted octanol–water partition coefficient (Wildman–Crippen LogP) is 1.09. The fourth-order valence-electron chi connectivity index (χ4n) is 1.70. The number of carbonyl (C=O) groups is 2. The van der Waals surface area contributed by atoms with Gasteiger partial charge in [-0.05, 0) is 19.1 Å². The summed E-state index contributed by atoms with van der Waals surface area (Å²) < 4.78 is 0. The Kier molecular flexibility index (Phi) is 3.66. The molecule has 1 fully saturated rings. The molecule has 0 radical (unpaired) electrons. The lowest BCUT2D eigenvalue weighted by atomic mass is 10.2. The van der Waals surface area contributed by atoms with Gasteiger partial charge in [-0.1, -0.05) is 11.6 Å². The van der Waals surface area contributed by atoms with Gasteiger partial charge in [0.05, 0.1) is 11.9 Å². The van der Waals surface area contributed by atoms with Crippen molar-refractivity contribution < 1.29 is 9.59 Å². The number of hydrogen-bond acceptors (Lipinski definition) is 3. The zero-order valence-corrected chi connectivity index (χ0v) is 10.6. The van der Waals surface area contributed by atoms with Gasteiger partial charge in [-0.3, -0.25) is 4.79 Å². The molecule has 18 heavy (non-hydrogen) atoms. The van der Waals surface area contributed by atoms with Crippen LogP contribution < -0.4 is 10.6 Å². The lowest BCUT2D eigenvalue weighted by Crippen LogP contribution is -2.56. The van der Waals surface area contributed by atoms with E-state index in [1.165, 1.54) is 11.1 Å². The highest BCUT2D eigenvalue weighted by atomic mass is 35.5. The number of aromatic nitrogens is 1. The molecule has 0 aromatic carbocycles. The summed E-state index contributed by atoms with van der Waals surface area (Å²) >= 11 is 5.65. The van der Waals surface area contributed by atoms with E-state index in [-0.39, 0.29) is 11.9 Å². The van der Waals surface area contributed by atoms with Crippen molar-refractivity contribution >= 4 is 29.2 Å². The normalized spacial score (nSPS) is 19.3. The quantitative estimate of drug-likeness (QED) is 0.749. The number of urea groups is 1. The Hall–Kier alpha value is -1.82. The van der Waals surface area contributed by atoms with Crippen molar-refractivity contribution in [2.45, 2.75) is 13.0 Å². The number of anilines is 1. The Morgan fingerprint density at radius 3 is 3.06 bits per heavy atom. The molecule has 96 valence electrons. The third kappa shape index (κ3) is 2.70. The molecule has 2 rings (SSSR count). The minimum atomic E-state index is -0.473. The van der Waals surface area contributed by atoms with E-state index in [1.54, 1.807) is 19.1 Å². The van der Waals surface area contributed by atoms with Crippen molar-refractivity contribution in [3.8, 4) is 0 Å². The summed E-state index contributed by atoms with van der Waals surface area (Å²) in [6, 6.07) is 2.45. The molecule has 0 spiro atoms. The summed E-state index contributed by atoms with van der Waals surface area (Å²) in [5.41, 5.74) is 0.544. The standard InChI is InChI=1S/C11H13ClN4O2/c1-7-10(17)13-4-5-16(7)11(18)15-8-2-3-9(12)14-6-8/h2-3,6-7H,4-5H2,1H3,(H,13,17)(H,15,18). The Balaban J connectivity index is 2.03. The summed E-state index contributed by atoms with van der Waals surface area (Å²) in [5, 5.41) is 5.73. The second kappa shape index (κ2) is 5.22. The van der Waals surface area contributed by atoms with E-state index >= 15 is 0 Å². The Morgan fingerprint density at radius 2 is 2.39 bits per heavy atom. The maximum absolute atomic E-state index is 12.0. The van der Waals surface area contributed by atoms with Crippen LogP contribution in [-0.4, -0.2) is 41.0 Å². The van der Waals surface area contributed by atoms with Crippen molar-refractivity contribution in [1.82, 2.24) is 15.2 Å². The minimum absolute atomic E-state index is 0.148. The largest absolute Gasteiger partial charge is 0.353 e. The number of amides is 3. The van der Waals surface area contributed by atoms with Crippen LogP contribution in [0.4, 0.5) is 10.5 Å². The molecule has 2 N–H and O–H groups in total. The fourth-order valence-corrected chi connectivity index (χ4v) is 1.82. The lowest BCUT2D eigenvalue weighted by Gasteiger charge is -2.32. The maximum Gasteiger partial charge on any atom is 0.322 e. The first-order valence-corrected chi connectivity index (χ1v) is 5.92. The van der Waals surface area contributed by atoms with Crippen LogP contribution >= 0.6 is 11.6 Å². The monoisotopic (exact) mass is 268 g/mol. The summed E-state index contributed by atoms with van der Waals surface area (Å²) in [6.07, 6.45) is 1.47. The van der Waals surface area contributed by atoms with E-state index < -0.39 is 6.04 Å². The Bertz CT molecular complexity index is 463. The van der Waals surface area contributed by atoms with Crippen LogP contribution in [0.2, 0.25) is 5.15 Å². The molecular formula is C11H13ClN4O2. The molecule has 1 aromatic heterocycles. The van der Waals surface area contributed by atoms with Crippen molar-refractivity contribution in [3.63, 3.8) is 0 Å². The van der Waals surface area contributed by atoms with Crippen molar-refractivity contribution in [3.05, 3.63) is 23.5 Å². The first-order chi connectivity index (χ1) is 8.58. The van der Waals surface area contributed by atoms with Gasteiger partial charge in [0.2, 0.25) is 5.91 Å². The zero-order valence-electron chi connectivity index (χ0n) is 9.81. The number of rotatable bonds is 1.